The third-order valence-corrected chi connectivity index (χ3v) is 15.4. The van der Waals surface area contributed by atoms with E-state index in [-0.39, 0.29) is 89.2 Å². The third kappa shape index (κ3) is 8.00. The molecule has 12 atom stereocenters. The Morgan fingerprint density at radius 3 is 2.50 bits per heavy atom. The molecule has 2 heterocycles. The largest absolute Gasteiger partial charge is 0.480 e. The zero-order valence-corrected chi connectivity index (χ0v) is 33.7. The first-order valence-corrected chi connectivity index (χ1v) is 21.2. The Morgan fingerprint density at radius 1 is 1.00 bits per heavy atom. The molecule has 0 radical (unpaired) electrons. The number of likely N-dealkylation sites (tertiary alicyclic amines) is 1. The van der Waals surface area contributed by atoms with Gasteiger partial charge in [0.25, 0.3) is 0 Å². The number of anilines is 1. The fraction of sp³-hybridized carbons (Fsp3) is 0.756. The van der Waals surface area contributed by atoms with Gasteiger partial charge in [0.1, 0.15) is 12.6 Å². The van der Waals surface area contributed by atoms with Crippen LogP contribution >= 0.6 is 0 Å². The number of hydrogen-bond donors (Lipinski definition) is 6. The maximum atomic E-state index is 13.9. The van der Waals surface area contributed by atoms with Gasteiger partial charge in [-0.15, -0.1) is 0 Å². The SMILES string of the molecule is C[C@H](CCC(=O)N1C[C@@H](NC(=O)CCCNc2ccc([N+](=O)[O-])c3nonc23)C[C@H]1C(=O)NCC(=O)O)[C@H]1CCC2C3C(CC[C@@]21C)[C@@]1(C)CC[C@@H](O)CC1C[C@@H]3O. The number of non-ortho nitro benzene ring substituents is 1. The number of carboxylic acids is 1. The Morgan fingerprint density at radius 2 is 1.74 bits per heavy atom. The highest BCUT2D eigenvalue weighted by molar-refractivity contribution is 5.93. The van der Waals surface area contributed by atoms with Gasteiger partial charge < -0.3 is 36.2 Å². The van der Waals surface area contributed by atoms with Crippen LogP contribution < -0.4 is 16.0 Å². The number of aromatic nitrogens is 2. The molecule has 1 aromatic carbocycles. The molecule has 4 unspecified atom stereocenters. The number of nitrogens with one attached hydrogen (secondary N) is 3. The van der Waals surface area contributed by atoms with E-state index in [9.17, 15) is 44.6 Å². The van der Waals surface area contributed by atoms with Crippen molar-refractivity contribution in [3.8, 4) is 0 Å². The molecule has 4 aliphatic carbocycles. The van der Waals surface area contributed by atoms with Crippen LogP contribution in [0.1, 0.15) is 104 Å². The van der Waals surface area contributed by atoms with Crippen molar-refractivity contribution in [2.75, 3.05) is 25.0 Å². The molecule has 1 aromatic heterocycles. The van der Waals surface area contributed by atoms with Crippen LogP contribution in [-0.4, -0.2) is 103 Å². The highest BCUT2D eigenvalue weighted by atomic mass is 16.6. The van der Waals surface area contributed by atoms with Gasteiger partial charge in [0.05, 0.1) is 22.8 Å². The van der Waals surface area contributed by atoms with Crippen LogP contribution in [0.4, 0.5) is 11.4 Å². The van der Waals surface area contributed by atoms with Crippen molar-refractivity contribution in [3.63, 3.8) is 0 Å². The number of nitrogens with zero attached hydrogens (tertiary/aromatic N) is 4. The second-order valence-corrected chi connectivity index (χ2v) is 18.5. The Kier molecular flexibility index (Phi) is 12.0. The summed E-state index contributed by atoms with van der Waals surface area (Å²) >= 11 is 0. The Bertz CT molecular complexity index is 1890. The molecule has 0 spiro atoms. The summed E-state index contributed by atoms with van der Waals surface area (Å²) in [6.07, 6.45) is 8.61. The Balaban J connectivity index is 0.930. The average molecular weight is 810 g/mol. The molecule has 58 heavy (non-hydrogen) atoms. The van der Waals surface area contributed by atoms with Crippen molar-refractivity contribution in [3.05, 3.63) is 22.2 Å². The Hall–Kier alpha value is -4.38. The van der Waals surface area contributed by atoms with Gasteiger partial charge in [0.15, 0.2) is 5.52 Å². The minimum atomic E-state index is -1.20. The van der Waals surface area contributed by atoms with Gasteiger partial charge in [-0.1, -0.05) is 20.8 Å². The summed E-state index contributed by atoms with van der Waals surface area (Å²) in [7, 11) is 0. The summed E-state index contributed by atoms with van der Waals surface area (Å²) < 4.78 is 4.70. The maximum Gasteiger partial charge on any atom is 0.322 e. The van der Waals surface area contributed by atoms with Gasteiger partial charge in [-0.25, -0.2) is 4.63 Å². The predicted octanol–water partition coefficient (Wildman–Crippen LogP) is 4.02. The fourth-order valence-corrected chi connectivity index (χ4v) is 12.5. The fourth-order valence-electron chi connectivity index (χ4n) is 12.5. The molecule has 2 aromatic rings. The molecule has 5 aliphatic rings. The molecule has 5 fully saturated rings. The summed E-state index contributed by atoms with van der Waals surface area (Å²) in [6, 6.07) is 1.38. The topological polar surface area (TPSA) is 250 Å². The molecule has 0 bridgehead atoms. The number of nitro groups is 1. The van der Waals surface area contributed by atoms with Crippen molar-refractivity contribution in [1.29, 1.82) is 0 Å². The van der Waals surface area contributed by atoms with Crippen molar-refractivity contribution in [2.45, 2.75) is 129 Å². The molecular formula is C41H59N7O10. The van der Waals surface area contributed by atoms with Crippen LogP contribution in [0.5, 0.6) is 0 Å². The summed E-state index contributed by atoms with van der Waals surface area (Å²) in [5, 5.41) is 58.4. The molecule has 17 nitrogen and oxygen atoms in total. The first kappa shape index (κ1) is 41.8. The van der Waals surface area contributed by atoms with E-state index in [1.807, 2.05) is 0 Å². The van der Waals surface area contributed by atoms with E-state index in [2.05, 4.69) is 47.0 Å². The van der Waals surface area contributed by atoms with E-state index in [4.69, 9.17) is 4.63 Å². The summed E-state index contributed by atoms with van der Waals surface area (Å²) in [6.45, 7) is 6.94. The summed E-state index contributed by atoms with van der Waals surface area (Å²) in [5.41, 5.74) is 0.676. The molecule has 3 amide bonds. The van der Waals surface area contributed by atoms with Gasteiger partial charge in [0, 0.05) is 38.0 Å². The van der Waals surface area contributed by atoms with E-state index < -0.39 is 35.4 Å². The van der Waals surface area contributed by atoms with Crippen LogP contribution in [0.2, 0.25) is 0 Å². The number of aliphatic carboxylic acids is 1. The quantitative estimate of drug-likeness (QED) is 0.0898. The van der Waals surface area contributed by atoms with E-state index in [0.717, 1.165) is 51.4 Å². The molecule has 7 rings (SSSR count). The minimum absolute atomic E-state index is 0.0167. The molecule has 4 saturated carbocycles. The zero-order chi connectivity index (χ0) is 41.5. The lowest BCUT2D eigenvalue weighted by Crippen LogP contribution is -2.58. The molecule has 17 heteroatoms. The smallest absolute Gasteiger partial charge is 0.322 e. The van der Waals surface area contributed by atoms with E-state index in [0.29, 0.717) is 48.7 Å². The number of carbonyl (C=O) groups excluding carboxylic acids is 3. The lowest BCUT2D eigenvalue weighted by atomic mass is 9.43. The number of carboxylic acid groups (broad SMARTS) is 1. The maximum absolute atomic E-state index is 13.9. The summed E-state index contributed by atoms with van der Waals surface area (Å²) in [5.74, 6) is -0.133. The van der Waals surface area contributed by atoms with E-state index in [1.54, 1.807) is 0 Å². The number of nitro benzene ring substituents is 1. The minimum Gasteiger partial charge on any atom is -0.480 e. The standard InChI is InChI=1S/C41H59N7O10/c1-22(26-7-8-27-36-28(13-15-41(26,27)3)40(2)14-12-25(49)17-23(40)18-32(36)50)6-11-34(52)47-21-24(19-31(47)39(55)43-20-35(53)54)44-33(51)5-4-16-42-29-9-10-30(48(56)57)38-37(29)45-58-46-38/h9-10,22-28,31-32,36,42,49-50H,4-8,11-21H2,1-3H3,(H,43,55)(H,44,51)(H,53,54)/t22-,23?,24+,25-,26-,27?,28?,31+,32+,36?,40+,41-/m1/s1. The normalized spacial score (nSPS) is 34.7. The summed E-state index contributed by atoms with van der Waals surface area (Å²) in [4.78, 5) is 63.6. The van der Waals surface area contributed by atoms with E-state index in [1.165, 1.54) is 17.0 Å². The van der Waals surface area contributed by atoms with Gasteiger partial charge in [-0.3, -0.25) is 29.3 Å². The number of hydrogen-bond acceptors (Lipinski definition) is 12. The third-order valence-electron chi connectivity index (χ3n) is 15.4. The van der Waals surface area contributed by atoms with Crippen molar-refractivity contribution in [2.24, 2.45) is 46.3 Å². The number of fused-ring (bicyclic) bond motifs is 6. The van der Waals surface area contributed by atoms with Crippen LogP contribution in [0.15, 0.2) is 16.8 Å². The number of aliphatic hydroxyl groups is 2. The average Bonchev–Trinajstić information content (AvgIpc) is 3.92. The van der Waals surface area contributed by atoms with Crippen molar-refractivity contribution in [1.82, 2.24) is 25.8 Å². The Labute approximate surface area is 337 Å². The first-order valence-electron chi connectivity index (χ1n) is 21.2. The van der Waals surface area contributed by atoms with Gasteiger partial charge >= 0.3 is 11.7 Å². The molecule has 318 valence electrons. The lowest BCUT2D eigenvalue weighted by Gasteiger charge is -2.62. The molecular weight excluding hydrogens is 750 g/mol. The van der Waals surface area contributed by atoms with E-state index >= 15 is 0 Å². The van der Waals surface area contributed by atoms with Crippen molar-refractivity contribution < 1.29 is 44.1 Å². The van der Waals surface area contributed by atoms with Gasteiger partial charge in [-0.05, 0) is 133 Å². The number of amides is 3. The zero-order valence-electron chi connectivity index (χ0n) is 33.7. The number of carbonyl (C=O) groups is 4. The highest BCUT2D eigenvalue weighted by Gasteiger charge is 2.63. The number of rotatable bonds is 14. The highest BCUT2D eigenvalue weighted by Crippen LogP contribution is 2.68. The molecule has 1 aliphatic heterocycles. The van der Waals surface area contributed by atoms with Crippen LogP contribution in [0.3, 0.4) is 0 Å². The van der Waals surface area contributed by atoms with Gasteiger partial charge in [-0.2, -0.15) is 0 Å². The van der Waals surface area contributed by atoms with Crippen LogP contribution in [0, 0.1) is 56.5 Å². The monoisotopic (exact) mass is 809 g/mol. The van der Waals surface area contributed by atoms with Gasteiger partial charge in [0.2, 0.25) is 23.2 Å². The second kappa shape index (κ2) is 16.7. The first-order chi connectivity index (χ1) is 27.6. The molecule has 1 saturated heterocycles. The predicted molar refractivity (Wildman–Crippen MR) is 210 cm³/mol. The second-order valence-electron chi connectivity index (χ2n) is 18.5. The van der Waals surface area contributed by atoms with Crippen LogP contribution in [-0.2, 0) is 19.2 Å². The lowest BCUT2D eigenvalue weighted by molar-refractivity contribution is -0.383. The number of aliphatic hydroxyl groups excluding tert-OH is 2. The van der Waals surface area contributed by atoms with Crippen molar-refractivity contribution >= 4 is 46.1 Å². The number of benzene rings is 1. The van der Waals surface area contributed by atoms with Crippen LogP contribution in [0.25, 0.3) is 11.0 Å². The molecule has 6 N–H and O–H groups in total.